The maximum Gasteiger partial charge on any atom is 0.0595 e. The van der Waals surface area contributed by atoms with Crippen molar-refractivity contribution in [1.29, 1.82) is 0 Å². The minimum Gasteiger partial charge on any atom is -0.381 e. The summed E-state index contributed by atoms with van der Waals surface area (Å²) in [6, 6.07) is 0. The van der Waals surface area contributed by atoms with Gasteiger partial charge in [0.25, 0.3) is 0 Å². The van der Waals surface area contributed by atoms with E-state index >= 15 is 0 Å². The van der Waals surface area contributed by atoms with Gasteiger partial charge in [-0.25, -0.2) is 0 Å². The Morgan fingerprint density at radius 3 is 2.35 bits per heavy atom. The molecule has 0 spiro atoms. The molecule has 1 N–H and O–H groups in total. The van der Waals surface area contributed by atoms with Gasteiger partial charge in [0.1, 0.15) is 0 Å². The molecular weight excluding hydrogens is 212 g/mol. The Hall–Kier alpha value is -0.120. The van der Waals surface area contributed by atoms with Gasteiger partial charge in [-0.05, 0) is 59.5 Å². The average Bonchev–Trinajstić information content (AvgIpc) is 2.28. The van der Waals surface area contributed by atoms with Crippen molar-refractivity contribution in [2.75, 3.05) is 33.3 Å². The molecule has 1 aliphatic heterocycles. The lowest BCUT2D eigenvalue weighted by atomic mass is 10.1. The maximum absolute atomic E-state index is 5.38. The largest absolute Gasteiger partial charge is 0.381 e. The van der Waals surface area contributed by atoms with Crippen LogP contribution in [0.25, 0.3) is 0 Å². The molecule has 0 aromatic carbocycles. The summed E-state index contributed by atoms with van der Waals surface area (Å²) < 4.78 is 5.38. The first kappa shape index (κ1) is 14.9. The van der Waals surface area contributed by atoms with E-state index in [-0.39, 0.29) is 5.54 Å². The van der Waals surface area contributed by atoms with Crippen LogP contribution in [0, 0.1) is 0 Å². The van der Waals surface area contributed by atoms with Gasteiger partial charge in [0.05, 0.1) is 6.10 Å². The van der Waals surface area contributed by atoms with Gasteiger partial charge in [0.2, 0.25) is 0 Å². The molecule has 3 nitrogen and oxygen atoms in total. The second-order valence-electron chi connectivity index (χ2n) is 6.16. The Balaban J connectivity index is 1.97. The van der Waals surface area contributed by atoms with Gasteiger partial charge in [0, 0.05) is 25.7 Å². The van der Waals surface area contributed by atoms with Gasteiger partial charge < -0.3 is 15.0 Å². The van der Waals surface area contributed by atoms with E-state index in [1.165, 1.54) is 45.3 Å². The number of hydrogen-bond donors (Lipinski definition) is 1. The second kappa shape index (κ2) is 7.34. The predicted molar refractivity (Wildman–Crippen MR) is 73.5 cm³/mol. The molecule has 3 heteroatoms. The molecule has 0 bridgehead atoms. The lowest BCUT2D eigenvalue weighted by molar-refractivity contribution is 0.0407. The van der Waals surface area contributed by atoms with E-state index in [0.29, 0.717) is 6.10 Å². The van der Waals surface area contributed by atoms with E-state index in [9.17, 15) is 0 Å². The Morgan fingerprint density at radius 2 is 1.82 bits per heavy atom. The van der Waals surface area contributed by atoms with Crippen molar-refractivity contribution in [3.63, 3.8) is 0 Å². The van der Waals surface area contributed by atoms with Crippen molar-refractivity contribution in [2.24, 2.45) is 0 Å². The molecule has 1 saturated heterocycles. The number of unbranched alkanes of at least 4 members (excludes halogenated alkanes) is 1. The molecule has 0 aromatic rings. The highest BCUT2D eigenvalue weighted by atomic mass is 16.5. The topological polar surface area (TPSA) is 24.5 Å². The summed E-state index contributed by atoms with van der Waals surface area (Å²) in [5.41, 5.74) is 0.261. The third-order valence-corrected chi connectivity index (χ3v) is 3.42. The van der Waals surface area contributed by atoms with Crippen molar-refractivity contribution < 1.29 is 4.74 Å². The molecule has 0 atom stereocenters. The molecule has 0 aliphatic carbocycles. The number of piperidine rings is 1. The zero-order valence-corrected chi connectivity index (χ0v) is 12.1. The Bertz CT molecular complexity index is 193. The standard InChI is InChI=1S/C14H30N2O/c1-14(2,3)15-9-5-6-10-16-11-7-13(17-4)8-12-16/h13,15H,5-12H2,1-4H3. The minimum atomic E-state index is 0.261. The van der Waals surface area contributed by atoms with Crippen LogP contribution in [0.5, 0.6) is 0 Å². The molecule has 1 fully saturated rings. The van der Waals surface area contributed by atoms with Crippen molar-refractivity contribution >= 4 is 0 Å². The van der Waals surface area contributed by atoms with Gasteiger partial charge in [-0.2, -0.15) is 0 Å². The normalized spacial score (nSPS) is 19.8. The van der Waals surface area contributed by atoms with Crippen molar-refractivity contribution in [3.05, 3.63) is 0 Å². The number of ether oxygens (including phenoxy) is 1. The summed E-state index contributed by atoms with van der Waals surface area (Å²) in [4.78, 5) is 2.58. The van der Waals surface area contributed by atoms with Gasteiger partial charge >= 0.3 is 0 Å². The van der Waals surface area contributed by atoms with Crippen LogP contribution < -0.4 is 5.32 Å². The van der Waals surface area contributed by atoms with E-state index in [0.717, 1.165) is 6.54 Å². The van der Waals surface area contributed by atoms with Crippen LogP contribution in [-0.4, -0.2) is 49.8 Å². The summed E-state index contributed by atoms with van der Waals surface area (Å²) >= 11 is 0. The number of nitrogens with one attached hydrogen (secondary N) is 1. The SMILES string of the molecule is COC1CCN(CCCCNC(C)(C)C)CC1. The van der Waals surface area contributed by atoms with Gasteiger partial charge in [0.15, 0.2) is 0 Å². The zero-order valence-electron chi connectivity index (χ0n) is 12.1. The van der Waals surface area contributed by atoms with Crippen LogP contribution in [0.15, 0.2) is 0 Å². The first-order valence-electron chi connectivity index (χ1n) is 7.01. The van der Waals surface area contributed by atoms with Crippen LogP contribution in [0.4, 0.5) is 0 Å². The fourth-order valence-corrected chi connectivity index (χ4v) is 2.29. The van der Waals surface area contributed by atoms with Crippen LogP contribution in [0.1, 0.15) is 46.5 Å². The average molecular weight is 242 g/mol. The highest BCUT2D eigenvalue weighted by molar-refractivity contribution is 4.73. The number of hydrogen-bond acceptors (Lipinski definition) is 3. The smallest absolute Gasteiger partial charge is 0.0595 e. The molecule has 0 saturated carbocycles. The van der Waals surface area contributed by atoms with Gasteiger partial charge in [-0.15, -0.1) is 0 Å². The summed E-state index contributed by atoms with van der Waals surface area (Å²) in [6.07, 6.45) is 5.50. The van der Waals surface area contributed by atoms with E-state index < -0.39 is 0 Å². The molecule has 0 unspecified atom stereocenters. The quantitative estimate of drug-likeness (QED) is 0.723. The van der Waals surface area contributed by atoms with Gasteiger partial charge in [-0.1, -0.05) is 0 Å². The highest BCUT2D eigenvalue weighted by Gasteiger charge is 2.17. The number of methoxy groups -OCH3 is 1. The second-order valence-corrected chi connectivity index (χ2v) is 6.16. The molecular formula is C14H30N2O. The van der Waals surface area contributed by atoms with Crippen molar-refractivity contribution in [1.82, 2.24) is 10.2 Å². The summed E-state index contributed by atoms with van der Waals surface area (Å²) in [6.45, 7) is 11.5. The molecule has 1 aliphatic rings. The summed E-state index contributed by atoms with van der Waals surface area (Å²) in [5.74, 6) is 0. The lowest BCUT2D eigenvalue weighted by Crippen LogP contribution is -2.38. The Morgan fingerprint density at radius 1 is 1.18 bits per heavy atom. The first-order valence-corrected chi connectivity index (χ1v) is 7.01. The molecule has 1 rings (SSSR count). The highest BCUT2D eigenvalue weighted by Crippen LogP contribution is 2.13. The number of likely N-dealkylation sites (tertiary alicyclic amines) is 1. The molecule has 17 heavy (non-hydrogen) atoms. The van der Waals surface area contributed by atoms with Gasteiger partial charge in [-0.3, -0.25) is 0 Å². The monoisotopic (exact) mass is 242 g/mol. The molecule has 0 amide bonds. The van der Waals surface area contributed by atoms with E-state index in [1.54, 1.807) is 0 Å². The molecule has 0 aromatic heterocycles. The lowest BCUT2D eigenvalue weighted by Gasteiger charge is -2.31. The molecule has 102 valence electrons. The summed E-state index contributed by atoms with van der Waals surface area (Å²) in [7, 11) is 1.83. The molecule has 1 heterocycles. The predicted octanol–water partition coefficient (Wildman–Crippen LogP) is 2.27. The Kier molecular flexibility index (Phi) is 6.45. The fraction of sp³-hybridized carbons (Fsp3) is 1.00. The number of nitrogens with zero attached hydrogens (tertiary/aromatic N) is 1. The van der Waals surface area contributed by atoms with Crippen molar-refractivity contribution in [2.45, 2.75) is 58.1 Å². The van der Waals surface area contributed by atoms with Crippen LogP contribution in [0.3, 0.4) is 0 Å². The minimum absolute atomic E-state index is 0.261. The summed E-state index contributed by atoms with van der Waals surface area (Å²) in [5, 5.41) is 3.54. The Labute approximate surface area is 107 Å². The molecule has 0 radical (unpaired) electrons. The maximum atomic E-state index is 5.38. The fourth-order valence-electron chi connectivity index (χ4n) is 2.29. The van der Waals surface area contributed by atoms with E-state index in [4.69, 9.17) is 4.74 Å². The number of rotatable bonds is 6. The van der Waals surface area contributed by atoms with Crippen LogP contribution in [0.2, 0.25) is 0 Å². The first-order chi connectivity index (χ1) is 8.01. The third kappa shape index (κ3) is 7.02. The van der Waals surface area contributed by atoms with Crippen molar-refractivity contribution in [3.8, 4) is 0 Å². The van der Waals surface area contributed by atoms with Crippen LogP contribution in [-0.2, 0) is 4.74 Å². The van der Waals surface area contributed by atoms with Crippen LogP contribution >= 0.6 is 0 Å². The van der Waals surface area contributed by atoms with E-state index in [2.05, 4.69) is 31.0 Å². The third-order valence-electron chi connectivity index (χ3n) is 3.42. The van der Waals surface area contributed by atoms with E-state index in [1.807, 2.05) is 7.11 Å². The zero-order chi connectivity index (χ0) is 12.7.